The van der Waals surface area contributed by atoms with E-state index in [2.05, 4.69) is 4.74 Å². The summed E-state index contributed by atoms with van der Waals surface area (Å²) in [6, 6.07) is 0. The van der Waals surface area contributed by atoms with Gasteiger partial charge < -0.3 is 4.74 Å². The zero-order valence-electron chi connectivity index (χ0n) is 5.93. The average molecular weight is 152 g/mol. The van der Waals surface area contributed by atoms with Crippen molar-refractivity contribution < 1.29 is 18.3 Å². The van der Waals surface area contributed by atoms with Gasteiger partial charge in [-0.15, -0.1) is 0 Å². The van der Waals surface area contributed by atoms with E-state index < -0.39 is 19.0 Å². The summed E-state index contributed by atoms with van der Waals surface area (Å²) in [4.78, 5) is 10.5. The fraction of sp³-hybridized carbons (Fsp3) is 0.833. The second-order valence-electron chi connectivity index (χ2n) is 2.18. The molecular formula is C6H10F2O2. The van der Waals surface area contributed by atoms with Gasteiger partial charge >= 0.3 is 5.97 Å². The van der Waals surface area contributed by atoms with E-state index in [0.717, 1.165) is 0 Å². The molecule has 0 heterocycles. The highest BCUT2D eigenvalue weighted by atomic mass is 19.3. The molecule has 0 saturated heterocycles. The van der Waals surface area contributed by atoms with Crippen LogP contribution in [0.25, 0.3) is 0 Å². The van der Waals surface area contributed by atoms with Gasteiger partial charge in [0.05, 0.1) is 5.92 Å². The van der Waals surface area contributed by atoms with Crippen molar-refractivity contribution in [3.05, 3.63) is 0 Å². The maximum absolute atomic E-state index is 11.4. The summed E-state index contributed by atoms with van der Waals surface area (Å²) in [7, 11) is 0. The van der Waals surface area contributed by atoms with Crippen LogP contribution in [0.2, 0.25) is 0 Å². The Balaban J connectivity index is 3.40. The zero-order chi connectivity index (χ0) is 8.15. The van der Waals surface area contributed by atoms with Crippen LogP contribution in [-0.2, 0) is 9.53 Å². The second-order valence-corrected chi connectivity index (χ2v) is 2.18. The van der Waals surface area contributed by atoms with Crippen molar-refractivity contribution in [2.75, 3.05) is 6.61 Å². The molecule has 10 heavy (non-hydrogen) atoms. The van der Waals surface area contributed by atoms with Crippen LogP contribution in [-0.4, -0.2) is 19.0 Å². The monoisotopic (exact) mass is 152 g/mol. The van der Waals surface area contributed by atoms with Crippen LogP contribution in [0.3, 0.4) is 0 Å². The highest BCUT2D eigenvalue weighted by Crippen LogP contribution is 1.98. The first-order valence-electron chi connectivity index (χ1n) is 2.98. The van der Waals surface area contributed by atoms with Gasteiger partial charge in [0, 0.05) is 0 Å². The lowest BCUT2D eigenvalue weighted by Gasteiger charge is -2.04. The van der Waals surface area contributed by atoms with Gasteiger partial charge in [-0.25, -0.2) is 8.78 Å². The minimum Gasteiger partial charge on any atom is -0.459 e. The number of rotatable bonds is 3. The Morgan fingerprint density at radius 3 is 2.30 bits per heavy atom. The predicted molar refractivity (Wildman–Crippen MR) is 31.8 cm³/mol. The highest BCUT2D eigenvalue weighted by Gasteiger charge is 2.11. The largest absolute Gasteiger partial charge is 0.459 e. The van der Waals surface area contributed by atoms with Crippen molar-refractivity contribution in [3.8, 4) is 0 Å². The SMILES string of the molecule is CC(C)C(=O)OCC(F)F. The summed E-state index contributed by atoms with van der Waals surface area (Å²) in [6.07, 6.45) is -2.57. The Kier molecular flexibility index (Phi) is 3.91. The molecule has 0 unspecified atom stereocenters. The molecule has 0 bridgehead atoms. The normalized spacial score (nSPS) is 10.6. The average Bonchev–Trinajstić information content (AvgIpc) is 1.82. The summed E-state index contributed by atoms with van der Waals surface area (Å²) < 4.78 is 26.9. The van der Waals surface area contributed by atoms with Crippen molar-refractivity contribution in [2.24, 2.45) is 5.92 Å². The fourth-order valence-corrected chi connectivity index (χ4v) is 0.312. The molecular weight excluding hydrogens is 142 g/mol. The van der Waals surface area contributed by atoms with Crippen LogP contribution in [0.1, 0.15) is 13.8 Å². The van der Waals surface area contributed by atoms with E-state index in [1.807, 2.05) is 0 Å². The van der Waals surface area contributed by atoms with Gasteiger partial charge in [-0.05, 0) is 0 Å². The van der Waals surface area contributed by atoms with E-state index in [1.54, 1.807) is 13.8 Å². The lowest BCUT2D eigenvalue weighted by Crippen LogP contribution is -2.15. The molecule has 0 radical (unpaired) electrons. The first kappa shape index (κ1) is 9.33. The summed E-state index contributed by atoms with van der Waals surface area (Å²) in [5.41, 5.74) is 0. The highest BCUT2D eigenvalue weighted by molar-refractivity contribution is 5.71. The van der Waals surface area contributed by atoms with Crippen LogP contribution in [0.4, 0.5) is 8.78 Å². The van der Waals surface area contributed by atoms with E-state index in [9.17, 15) is 13.6 Å². The van der Waals surface area contributed by atoms with E-state index in [0.29, 0.717) is 0 Å². The van der Waals surface area contributed by atoms with Gasteiger partial charge in [-0.2, -0.15) is 0 Å². The number of esters is 1. The number of alkyl halides is 2. The molecule has 0 atom stereocenters. The van der Waals surface area contributed by atoms with Crippen molar-refractivity contribution in [3.63, 3.8) is 0 Å². The molecule has 0 aliphatic carbocycles. The maximum Gasteiger partial charge on any atom is 0.308 e. The smallest absolute Gasteiger partial charge is 0.308 e. The van der Waals surface area contributed by atoms with Gasteiger partial charge in [0.1, 0.15) is 0 Å². The van der Waals surface area contributed by atoms with Crippen LogP contribution >= 0.6 is 0 Å². The Labute approximate surface area is 58.2 Å². The van der Waals surface area contributed by atoms with Gasteiger partial charge in [0.25, 0.3) is 6.43 Å². The van der Waals surface area contributed by atoms with Gasteiger partial charge in [-0.3, -0.25) is 4.79 Å². The molecule has 0 spiro atoms. The topological polar surface area (TPSA) is 26.3 Å². The molecule has 0 amide bonds. The number of ether oxygens (including phenoxy) is 1. The van der Waals surface area contributed by atoms with Crippen LogP contribution in [0, 0.1) is 5.92 Å². The van der Waals surface area contributed by atoms with Crippen LogP contribution in [0.5, 0.6) is 0 Å². The first-order valence-corrected chi connectivity index (χ1v) is 2.98. The standard InChI is InChI=1S/C6H10F2O2/c1-4(2)6(9)10-3-5(7)8/h4-5H,3H2,1-2H3. The Morgan fingerprint density at radius 2 is 2.00 bits per heavy atom. The summed E-state index contributed by atoms with van der Waals surface area (Å²) in [5, 5.41) is 0. The quantitative estimate of drug-likeness (QED) is 0.572. The number of halogens is 2. The minimum absolute atomic E-state index is 0.334. The van der Waals surface area contributed by atoms with Gasteiger partial charge in [-0.1, -0.05) is 13.8 Å². The van der Waals surface area contributed by atoms with Gasteiger partial charge in [0.2, 0.25) is 0 Å². The predicted octanol–water partition coefficient (Wildman–Crippen LogP) is 1.45. The van der Waals surface area contributed by atoms with E-state index in [-0.39, 0.29) is 5.92 Å². The van der Waals surface area contributed by atoms with E-state index in [1.165, 1.54) is 0 Å². The summed E-state index contributed by atoms with van der Waals surface area (Å²) in [6.45, 7) is 2.39. The number of hydrogen-bond acceptors (Lipinski definition) is 2. The molecule has 0 fully saturated rings. The minimum atomic E-state index is -2.57. The van der Waals surface area contributed by atoms with Crippen molar-refractivity contribution >= 4 is 5.97 Å². The van der Waals surface area contributed by atoms with E-state index >= 15 is 0 Å². The van der Waals surface area contributed by atoms with Crippen molar-refractivity contribution in [2.45, 2.75) is 20.3 Å². The number of carbonyl (C=O) groups excluding carboxylic acids is 1. The molecule has 0 aliphatic heterocycles. The molecule has 0 aromatic carbocycles. The van der Waals surface area contributed by atoms with Crippen molar-refractivity contribution in [1.82, 2.24) is 0 Å². The molecule has 0 aromatic rings. The fourth-order valence-electron chi connectivity index (χ4n) is 0.312. The third-order valence-corrected chi connectivity index (χ3v) is 0.823. The second kappa shape index (κ2) is 4.19. The zero-order valence-corrected chi connectivity index (χ0v) is 5.93. The van der Waals surface area contributed by atoms with Gasteiger partial charge in [0.15, 0.2) is 6.61 Å². The molecule has 0 rings (SSSR count). The molecule has 0 aromatic heterocycles. The molecule has 0 aliphatic rings. The summed E-state index contributed by atoms with van der Waals surface area (Å²) in [5.74, 6) is -0.918. The Morgan fingerprint density at radius 1 is 1.50 bits per heavy atom. The lowest BCUT2D eigenvalue weighted by atomic mass is 10.2. The molecule has 0 saturated carbocycles. The maximum atomic E-state index is 11.4. The molecule has 60 valence electrons. The summed E-state index contributed by atoms with van der Waals surface area (Å²) >= 11 is 0. The Bertz CT molecular complexity index is 112. The first-order chi connectivity index (χ1) is 4.54. The van der Waals surface area contributed by atoms with Crippen LogP contribution < -0.4 is 0 Å². The third kappa shape index (κ3) is 4.23. The molecule has 4 heteroatoms. The third-order valence-electron chi connectivity index (χ3n) is 0.823. The Hall–Kier alpha value is -0.670. The number of hydrogen-bond donors (Lipinski definition) is 0. The van der Waals surface area contributed by atoms with Crippen LogP contribution in [0.15, 0.2) is 0 Å². The number of carbonyl (C=O) groups is 1. The lowest BCUT2D eigenvalue weighted by molar-refractivity contribution is -0.151. The van der Waals surface area contributed by atoms with Crippen molar-refractivity contribution in [1.29, 1.82) is 0 Å². The molecule has 0 N–H and O–H groups in total. The van der Waals surface area contributed by atoms with E-state index in [4.69, 9.17) is 0 Å². The molecule has 2 nitrogen and oxygen atoms in total.